The molecule has 1 saturated heterocycles. The molecule has 1 aliphatic heterocycles. The molecule has 0 aromatic carbocycles. The Morgan fingerprint density at radius 1 is 0.786 bits per heavy atom. The van der Waals surface area contributed by atoms with Crippen LogP contribution < -0.4 is 0 Å². The SMILES string of the molecule is CCCCCCN1CCN(CC)CC1. The fourth-order valence-electron chi connectivity index (χ4n) is 2.09. The lowest BCUT2D eigenvalue weighted by Gasteiger charge is -2.33. The molecule has 14 heavy (non-hydrogen) atoms. The van der Waals surface area contributed by atoms with Crippen LogP contribution >= 0.6 is 0 Å². The molecule has 0 aliphatic carbocycles. The lowest BCUT2D eigenvalue weighted by Crippen LogP contribution is -2.46. The zero-order chi connectivity index (χ0) is 10.2. The maximum atomic E-state index is 2.63. The molecule has 0 N–H and O–H groups in total. The topological polar surface area (TPSA) is 6.48 Å². The molecular weight excluding hydrogens is 172 g/mol. The van der Waals surface area contributed by atoms with Crippen LogP contribution in [0.15, 0.2) is 0 Å². The Morgan fingerprint density at radius 2 is 1.43 bits per heavy atom. The van der Waals surface area contributed by atoms with Gasteiger partial charge in [0, 0.05) is 26.2 Å². The van der Waals surface area contributed by atoms with Crippen molar-refractivity contribution in [2.45, 2.75) is 39.5 Å². The fourth-order valence-corrected chi connectivity index (χ4v) is 2.09. The van der Waals surface area contributed by atoms with Crippen LogP contribution in [-0.2, 0) is 0 Å². The van der Waals surface area contributed by atoms with Crippen molar-refractivity contribution in [2.75, 3.05) is 39.3 Å². The van der Waals surface area contributed by atoms with Crippen LogP contribution in [0.2, 0.25) is 0 Å². The highest BCUT2D eigenvalue weighted by molar-refractivity contribution is 4.70. The van der Waals surface area contributed by atoms with Crippen LogP contribution in [0, 0.1) is 0 Å². The summed E-state index contributed by atoms with van der Waals surface area (Å²) in [7, 11) is 0. The number of hydrogen-bond acceptors (Lipinski definition) is 2. The largest absolute Gasteiger partial charge is 0.301 e. The number of rotatable bonds is 6. The third kappa shape index (κ3) is 4.43. The average Bonchev–Trinajstić information content (AvgIpc) is 2.25. The zero-order valence-corrected chi connectivity index (χ0v) is 9.97. The van der Waals surface area contributed by atoms with Gasteiger partial charge in [-0.2, -0.15) is 0 Å². The van der Waals surface area contributed by atoms with E-state index in [-0.39, 0.29) is 0 Å². The Kier molecular flexibility index (Phi) is 6.20. The zero-order valence-electron chi connectivity index (χ0n) is 9.97. The number of piperazine rings is 1. The maximum Gasteiger partial charge on any atom is 0.0110 e. The molecule has 0 unspecified atom stereocenters. The van der Waals surface area contributed by atoms with E-state index in [1.807, 2.05) is 0 Å². The Morgan fingerprint density at radius 3 is 2.00 bits per heavy atom. The van der Waals surface area contributed by atoms with Gasteiger partial charge in [0.25, 0.3) is 0 Å². The minimum atomic E-state index is 1.23. The Balaban J connectivity index is 1.98. The highest BCUT2D eigenvalue weighted by atomic mass is 15.3. The van der Waals surface area contributed by atoms with E-state index in [0.717, 1.165) is 0 Å². The molecule has 2 nitrogen and oxygen atoms in total. The van der Waals surface area contributed by atoms with Crippen molar-refractivity contribution in [1.82, 2.24) is 9.80 Å². The molecule has 2 heteroatoms. The van der Waals surface area contributed by atoms with Crippen molar-refractivity contribution >= 4 is 0 Å². The Hall–Kier alpha value is -0.0800. The quantitative estimate of drug-likeness (QED) is 0.604. The van der Waals surface area contributed by atoms with Gasteiger partial charge in [-0.3, -0.25) is 0 Å². The number of unbranched alkanes of at least 4 members (excludes halogenated alkanes) is 3. The molecular formula is C12H26N2. The minimum absolute atomic E-state index is 1.23. The van der Waals surface area contributed by atoms with Crippen LogP contribution in [-0.4, -0.2) is 49.1 Å². The second-order valence-corrected chi connectivity index (χ2v) is 4.34. The monoisotopic (exact) mass is 198 g/mol. The van der Waals surface area contributed by atoms with E-state index in [9.17, 15) is 0 Å². The van der Waals surface area contributed by atoms with Gasteiger partial charge in [-0.05, 0) is 19.5 Å². The third-order valence-corrected chi connectivity index (χ3v) is 3.24. The standard InChI is InChI=1S/C12H26N2/c1-3-5-6-7-8-14-11-9-13(4-2)10-12-14/h3-12H2,1-2H3. The smallest absolute Gasteiger partial charge is 0.0110 e. The molecule has 0 amide bonds. The van der Waals surface area contributed by atoms with E-state index < -0.39 is 0 Å². The van der Waals surface area contributed by atoms with E-state index in [2.05, 4.69) is 23.6 Å². The molecule has 0 radical (unpaired) electrons. The summed E-state index contributed by atoms with van der Waals surface area (Å²) in [5, 5.41) is 0. The predicted molar refractivity (Wildman–Crippen MR) is 62.7 cm³/mol. The summed E-state index contributed by atoms with van der Waals surface area (Å²) in [6.45, 7) is 12.2. The highest BCUT2D eigenvalue weighted by Gasteiger charge is 2.14. The van der Waals surface area contributed by atoms with Crippen LogP contribution in [0.5, 0.6) is 0 Å². The summed E-state index contributed by atoms with van der Waals surface area (Å²) in [5.41, 5.74) is 0. The van der Waals surface area contributed by atoms with E-state index in [4.69, 9.17) is 0 Å². The average molecular weight is 198 g/mol. The van der Waals surface area contributed by atoms with Crippen LogP contribution in [0.3, 0.4) is 0 Å². The molecule has 0 aromatic heterocycles. The van der Waals surface area contributed by atoms with Crippen molar-refractivity contribution in [3.63, 3.8) is 0 Å². The van der Waals surface area contributed by atoms with Gasteiger partial charge in [-0.15, -0.1) is 0 Å². The second-order valence-electron chi connectivity index (χ2n) is 4.34. The summed E-state index contributed by atoms with van der Waals surface area (Å²) in [5.74, 6) is 0. The van der Waals surface area contributed by atoms with Gasteiger partial charge in [0.15, 0.2) is 0 Å². The van der Waals surface area contributed by atoms with Gasteiger partial charge in [-0.25, -0.2) is 0 Å². The van der Waals surface area contributed by atoms with Crippen LogP contribution in [0.1, 0.15) is 39.5 Å². The van der Waals surface area contributed by atoms with E-state index in [1.165, 1.54) is 65.0 Å². The molecule has 84 valence electrons. The second kappa shape index (κ2) is 7.24. The fraction of sp³-hybridized carbons (Fsp3) is 1.00. The Labute approximate surface area is 89.3 Å². The van der Waals surface area contributed by atoms with Crippen molar-refractivity contribution in [2.24, 2.45) is 0 Å². The summed E-state index contributed by atoms with van der Waals surface area (Å²) in [6.07, 6.45) is 5.59. The van der Waals surface area contributed by atoms with Crippen LogP contribution in [0.4, 0.5) is 0 Å². The van der Waals surface area contributed by atoms with E-state index in [0.29, 0.717) is 0 Å². The normalized spacial score (nSPS) is 20.1. The predicted octanol–water partition coefficient (Wildman–Crippen LogP) is 2.20. The molecule has 0 atom stereocenters. The molecule has 0 bridgehead atoms. The third-order valence-electron chi connectivity index (χ3n) is 3.24. The summed E-state index contributed by atoms with van der Waals surface area (Å²) >= 11 is 0. The van der Waals surface area contributed by atoms with Gasteiger partial charge in [0.1, 0.15) is 0 Å². The van der Waals surface area contributed by atoms with Gasteiger partial charge >= 0.3 is 0 Å². The molecule has 1 fully saturated rings. The molecule has 0 spiro atoms. The molecule has 0 saturated carbocycles. The van der Waals surface area contributed by atoms with E-state index in [1.54, 1.807) is 0 Å². The van der Waals surface area contributed by atoms with Crippen molar-refractivity contribution < 1.29 is 0 Å². The molecule has 1 heterocycles. The van der Waals surface area contributed by atoms with Crippen molar-refractivity contribution in [3.8, 4) is 0 Å². The lowest BCUT2D eigenvalue weighted by molar-refractivity contribution is 0.135. The van der Waals surface area contributed by atoms with Crippen molar-refractivity contribution in [3.05, 3.63) is 0 Å². The Bertz CT molecular complexity index is 128. The van der Waals surface area contributed by atoms with Crippen LogP contribution in [0.25, 0.3) is 0 Å². The van der Waals surface area contributed by atoms with Gasteiger partial charge < -0.3 is 9.80 Å². The molecule has 1 aliphatic rings. The highest BCUT2D eigenvalue weighted by Crippen LogP contribution is 2.05. The van der Waals surface area contributed by atoms with Gasteiger partial charge in [-0.1, -0.05) is 33.1 Å². The minimum Gasteiger partial charge on any atom is -0.301 e. The molecule has 1 rings (SSSR count). The van der Waals surface area contributed by atoms with Crippen molar-refractivity contribution in [1.29, 1.82) is 0 Å². The molecule has 0 aromatic rings. The summed E-state index contributed by atoms with van der Waals surface area (Å²) in [6, 6.07) is 0. The number of hydrogen-bond donors (Lipinski definition) is 0. The first kappa shape index (κ1) is 12.0. The van der Waals surface area contributed by atoms with Gasteiger partial charge in [0.05, 0.1) is 0 Å². The van der Waals surface area contributed by atoms with E-state index >= 15 is 0 Å². The van der Waals surface area contributed by atoms with Gasteiger partial charge in [0.2, 0.25) is 0 Å². The number of likely N-dealkylation sites (N-methyl/N-ethyl adjacent to an activating group) is 1. The first-order valence-corrected chi connectivity index (χ1v) is 6.31. The summed E-state index contributed by atoms with van der Waals surface area (Å²) in [4.78, 5) is 5.17. The first-order valence-electron chi connectivity index (χ1n) is 6.31. The summed E-state index contributed by atoms with van der Waals surface area (Å²) < 4.78 is 0. The maximum absolute atomic E-state index is 2.63. The lowest BCUT2D eigenvalue weighted by atomic mass is 10.2. The first-order chi connectivity index (χ1) is 6.86. The number of nitrogens with zero attached hydrogens (tertiary/aromatic N) is 2.